The Morgan fingerprint density at radius 3 is 2.20 bits per heavy atom. The summed E-state index contributed by atoms with van der Waals surface area (Å²) in [7, 11) is -6.87. The molecule has 0 N–H and O–H groups in total. The first kappa shape index (κ1) is 18.3. The molecule has 0 bridgehead atoms. The molecule has 0 aromatic heterocycles. The molecule has 2 heterocycles. The third kappa shape index (κ3) is 3.85. The van der Waals surface area contributed by atoms with E-state index in [0.29, 0.717) is 6.42 Å². The van der Waals surface area contributed by atoms with Crippen LogP contribution in [-0.2, 0) is 24.7 Å². The highest BCUT2D eigenvalue weighted by Crippen LogP contribution is 2.23. The maximum Gasteiger partial charge on any atom is 0.243 e. The Bertz CT molecular complexity index is 860. The summed E-state index contributed by atoms with van der Waals surface area (Å²) in [6.45, 7) is 0.696. The predicted molar refractivity (Wildman–Crippen MR) is 88.5 cm³/mol. The molecular weight excluding hydrogens is 371 g/mol. The average molecular weight is 390 g/mol. The summed E-state index contributed by atoms with van der Waals surface area (Å²) < 4.78 is 62.3. The summed E-state index contributed by atoms with van der Waals surface area (Å²) in [5.41, 5.74) is 0. The molecule has 1 aromatic carbocycles. The van der Waals surface area contributed by atoms with Crippen LogP contribution in [0.1, 0.15) is 6.42 Å². The normalized spacial score (nSPS) is 24.4. The number of rotatable bonds is 3. The molecule has 138 valence electrons. The highest BCUT2D eigenvalue weighted by atomic mass is 32.2. The van der Waals surface area contributed by atoms with Crippen molar-refractivity contribution in [2.45, 2.75) is 11.3 Å². The number of carbonyl (C=O) groups excluding carboxylic acids is 1. The van der Waals surface area contributed by atoms with Gasteiger partial charge in [0.15, 0.2) is 9.84 Å². The average Bonchev–Trinajstić information content (AvgIpc) is 2.95. The highest BCUT2D eigenvalue weighted by molar-refractivity contribution is 7.91. The fraction of sp³-hybridized carbons (Fsp3) is 0.533. The zero-order valence-electron chi connectivity index (χ0n) is 13.5. The van der Waals surface area contributed by atoms with E-state index in [9.17, 15) is 26.0 Å². The second-order valence-electron chi connectivity index (χ2n) is 6.28. The lowest BCUT2D eigenvalue weighted by Crippen LogP contribution is -2.52. The Morgan fingerprint density at radius 2 is 1.68 bits per heavy atom. The van der Waals surface area contributed by atoms with Gasteiger partial charge >= 0.3 is 0 Å². The standard InChI is InChI=1S/C15H19FN2O5S2/c16-13-1-3-14(4-2-13)25(22,23)18-8-6-17(7-9-18)15(19)12-5-10-24(20,21)11-12/h1-4,12H,5-11H2/t12-/m0/s1. The van der Waals surface area contributed by atoms with Crippen LogP contribution in [0, 0.1) is 11.7 Å². The topological polar surface area (TPSA) is 91.8 Å². The lowest BCUT2D eigenvalue weighted by Gasteiger charge is -2.35. The zero-order chi connectivity index (χ0) is 18.2. The summed E-state index contributed by atoms with van der Waals surface area (Å²) in [5.74, 6) is -1.35. The molecule has 1 atom stereocenters. The van der Waals surface area contributed by atoms with Crippen LogP contribution >= 0.6 is 0 Å². The van der Waals surface area contributed by atoms with Crippen LogP contribution in [0.15, 0.2) is 29.2 Å². The number of nitrogens with zero attached hydrogens (tertiary/aromatic N) is 2. The summed E-state index contributed by atoms with van der Waals surface area (Å²) in [4.78, 5) is 13.9. The van der Waals surface area contributed by atoms with Gasteiger partial charge in [0.25, 0.3) is 0 Å². The van der Waals surface area contributed by atoms with Crippen LogP contribution in [0.2, 0.25) is 0 Å². The molecule has 2 aliphatic rings. The summed E-state index contributed by atoms with van der Waals surface area (Å²) in [5, 5.41) is 0. The number of sulfonamides is 1. The van der Waals surface area contributed by atoms with E-state index < -0.39 is 31.6 Å². The Balaban J connectivity index is 1.63. The van der Waals surface area contributed by atoms with Gasteiger partial charge in [-0.2, -0.15) is 4.31 Å². The van der Waals surface area contributed by atoms with Crippen molar-refractivity contribution in [3.63, 3.8) is 0 Å². The van der Waals surface area contributed by atoms with E-state index in [1.54, 1.807) is 0 Å². The van der Waals surface area contributed by atoms with Crippen LogP contribution in [0.25, 0.3) is 0 Å². The van der Waals surface area contributed by atoms with Crippen molar-refractivity contribution in [2.75, 3.05) is 37.7 Å². The molecule has 1 amide bonds. The molecule has 10 heteroatoms. The molecular formula is C15H19FN2O5S2. The van der Waals surface area contributed by atoms with E-state index in [2.05, 4.69) is 0 Å². The molecule has 1 aromatic rings. The van der Waals surface area contributed by atoms with Gasteiger partial charge in [0, 0.05) is 26.2 Å². The van der Waals surface area contributed by atoms with Crippen molar-refractivity contribution < 1.29 is 26.0 Å². The maximum atomic E-state index is 13.0. The Kier molecular flexibility index (Phi) is 4.86. The van der Waals surface area contributed by atoms with E-state index in [4.69, 9.17) is 0 Å². The van der Waals surface area contributed by atoms with E-state index in [1.165, 1.54) is 21.3 Å². The van der Waals surface area contributed by atoms with Gasteiger partial charge in [-0.15, -0.1) is 0 Å². The maximum absolute atomic E-state index is 13.0. The van der Waals surface area contributed by atoms with Crippen LogP contribution in [0.4, 0.5) is 4.39 Å². The minimum Gasteiger partial charge on any atom is -0.340 e. The molecule has 2 fully saturated rings. The van der Waals surface area contributed by atoms with Crippen LogP contribution in [-0.4, -0.2) is 69.6 Å². The highest BCUT2D eigenvalue weighted by Gasteiger charge is 2.37. The minimum atomic E-state index is -3.73. The number of amides is 1. The molecule has 25 heavy (non-hydrogen) atoms. The van der Waals surface area contributed by atoms with Gasteiger partial charge in [0.2, 0.25) is 15.9 Å². The van der Waals surface area contributed by atoms with Gasteiger partial charge in [-0.1, -0.05) is 0 Å². The van der Waals surface area contributed by atoms with Crippen molar-refractivity contribution >= 4 is 25.8 Å². The van der Waals surface area contributed by atoms with Gasteiger partial charge in [-0.25, -0.2) is 21.2 Å². The summed E-state index contributed by atoms with van der Waals surface area (Å²) in [6, 6.07) is 4.61. The molecule has 0 unspecified atom stereocenters. The number of hydrogen-bond acceptors (Lipinski definition) is 5. The third-order valence-electron chi connectivity index (χ3n) is 4.58. The first-order chi connectivity index (χ1) is 11.7. The summed E-state index contributed by atoms with van der Waals surface area (Å²) in [6.07, 6.45) is 0.329. The number of benzene rings is 1. The Hall–Kier alpha value is -1.52. The molecule has 0 radical (unpaired) electrons. The fourth-order valence-electron chi connectivity index (χ4n) is 3.15. The largest absolute Gasteiger partial charge is 0.340 e. The van der Waals surface area contributed by atoms with Gasteiger partial charge in [-0.05, 0) is 30.7 Å². The van der Waals surface area contributed by atoms with Crippen molar-refractivity contribution in [3.8, 4) is 0 Å². The third-order valence-corrected chi connectivity index (χ3v) is 8.26. The fourth-order valence-corrected chi connectivity index (χ4v) is 6.31. The van der Waals surface area contributed by atoms with Crippen LogP contribution in [0.3, 0.4) is 0 Å². The van der Waals surface area contributed by atoms with E-state index in [-0.39, 0.29) is 48.5 Å². The van der Waals surface area contributed by atoms with E-state index >= 15 is 0 Å². The molecule has 7 nitrogen and oxygen atoms in total. The zero-order valence-corrected chi connectivity index (χ0v) is 15.1. The van der Waals surface area contributed by atoms with Crippen LogP contribution < -0.4 is 0 Å². The lowest BCUT2D eigenvalue weighted by molar-refractivity contribution is -0.135. The molecule has 0 spiro atoms. The number of halogens is 1. The van der Waals surface area contributed by atoms with Crippen molar-refractivity contribution in [1.82, 2.24) is 9.21 Å². The van der Waals surface area contributed by atoms with Gasteiger partial charge < -0.3 is 4.90 Å². The second kappa shape index (κ2) is 6.65. The van der Waals surface area contributed by atoms with Gasteiger partial charge in [-0.3, -0.25) is 4.79 Å². The first-order valence-corrected chi connectivity index (χ1v) is 11.2. The molecule has 2 aliphatic heterocycles. The molecule has 3 rings (SSSR count). The Morgan fingerprint density at radius 1 is 1.08 bits per heavy atom. The number of carbonyl (C=O) groups is 1. The Labute approximate surface area is 146 Å². The van der Waals surface area contributed by atoms with Gasteiger partial charge in [0.05, 0.1) is 22.3 Å². The van der Waals surface area contributed by atoms with E-state index in [1.807, 2.05) is 0 Å². The van der Waals surface area contributed by atoms with Crippen LogP contribution in [0.5, 0.6) is 0 Å². The van der Waals surface area contributed by atoms with Crippen molar-refractivity contribution in [2.24, 2.45) is 5.92 Å². The molecule has 0 saturated carbocycles. The minimum absolute atomic E-state index is 0.00978. The van der Waals surface area contributed by atoms with Gasteiger partial charge in [0.1, 0.15) is 5.82 Å². The summed E-state index contributed by atoms with van der Waals surface area (Å²) >= 11 is 0. The molecule has 0 aliphatic carbocycles. The SMILES string of the molecule is O=C([C@H]1CCS(=O)(=O)C1)N1CCN(S(=O)(=O)c2ccc(F)cc2)CC1. The number of piperazine rings is 1. The lowest BCUT2D eigenvalue weighted by atomic mass is 10.1. The number of hydrogen-bond donors (Lipinski definition) is 0. The van der Waals surface area contributed by atoms with Crippen molar-refractivity contribution in [3.05, 3.63) is 30.1 Å². The number of sulfone groups is 1. The smallest absolute Gasteiger partial charge is 0.243 e. The predicted octanol–water partition coefficient (Wildman–Crippen LogP) is 0.0933. The second-order valence-corrected chi connectivity index (χ2v) is 10.4. The first-order valence-electron chi connectivity index (χ1n) is 7.94. The quantitative estimate of drug-likeness (QED) is 0.730. The van der Waals surface area contributed by atoms with Crippen molar-refractivity contribution in [1.29, 1.82) is 0 Å². The molecule has 2 saturated heterocycles. The van der Waals surface area contributed by atoms with E-state index in [0.717, 1.165) is 12.1 Å². The monoisotopic (exact) mass is 390 g/mol.